The number of aliphatic hydroxyl groups excluding tert-OH is 1. The fourth-order valence-electron chi connectivity index (χ4n) is 2.74. The van der Waals surface area contributed by atoms with E-state index in [-0.39, 0.29) is 26.0 Å². The van der Waals surface area contributed by atoms with Gasteiger partial charge in [0.05, 0.1) is 24.2 Å². The van der Waals surface area contributed by atoms with E-state index < -0.39 is 30.1 Å². The van der Waals surface area contributed by atoms with Crippen LogP contribution in [0.3, 0.4) is 0 Å². The molecule has 5 N–H and O–H groups in total. The average Bonchev–Trinajstić information content (AvgIpc) is 2.76. The third-order valence-electron chi connectivity index (χ3n) is 4.29. The van der Waals surface area contributed by atoms with E-state index in [2.05, 4.69) is 10.6 Å². The van der Waals surface area contributed by atoms with Crippen LogP contribution in [0.4, 0.5) is 4.79 Å². The van der Waals surface area contributed by atoms with Crippen LogP contribution >= 0.6 is 0 Å². The maximum atomic E-state index is 12.2. The molecule has 0 saturated heterocycles. The summed E-state index contributed by atoms with van der Waals surface area (Å²) in [6.45, 7) is -0.122. The summed E-state index contributed by atoms with van der Waals surface area (Å²) in [7, 11) is 0. The van der Waals surface area contributed by atoms with Crippen LogP contribution in [0.1, 0.15) is 23.1 Å². The predicted molar refractivity (Wildman–Crippen MR) is 111 cm³/mol. The summed E-state index contributed by atoms with van der Waals surface area (Å²) >= 11 is 0. The summed E-state index contributed by atoms with van der Waals surface area (Å²) in [4.78, 5) is 35.6. The maximum absolute atomic E-state index is 12.2. The fraction of sp³-hybridized carbons (Fsp3) is 0.273. The van der Waals surface area contributed by atoms with Crippen LogP contribution in [-0.4, -0.2) is 41.7 Å². The molecular weight excluding hydrogens is 400 g/mol. The maximum Gasteiger partial charge on any atom is 0.407 e. The third-order valence-corrected chi connectivity index (χ3v) is 4.29. The Labute approximate surface area is 179 Å². The van der Waals surface area contributed by atoms with Crippen molar-refractivity contribution in [2.45, 2.75) is 31.6 Å². The molecule has 162 valence electrons. The van der Waals surface area contributed by atoms with Gasteiger partial charge < -0.3 is 26.2 Å². The van der Waals surface area contributed by atoms with E-state index in [1.54, 1.807) is 36.4 Å². The minimum Gasteiger partial charge on any atom is -0.445 e. The van der Waals surface area contributed by atoms with Gasteiger partial charge >= 0.3 is 6.09 Å². The number of primary amides is 1. The molecule has 2 aromatic carbocycles. The first kappa shape index (κ1) is 23.4. The van der Waals surface area contributed by atoms with Crippen molar-refractivity contribution in [2.75, 3.05) is 6.54 Å². The molecule has 0 aliphatic carbocycles. The second kappa shape index (κ2) is 11.9. The van der Waals surface area contributed by atoms with Crippen molar-refractivity contribution < 1.29 is 24.2 Å². The van der Waals surface area contributed by atoms with Gasteiger partial charge in [0.25, 0.3) is 0 Å². The Kier molecular flexibility index (Phi) is 9.01. The van der Waals surface area contributed by atoms with Crippen LogP contribution in [0.2, 0.25) is 0 Å². The van der Waals surface area contributed by atoms with Crippen molar-refractivity contribution in [2.24, 2.45) is 5.73 Å². The molecule has 0 radical (unpaired) electrons. The highest BCUT2D eigenvalue weighted by molar-refractivity contribution is 5.87. The van der Waals surface area contributed by atoms with Gasteiger partial charge in [-0.05, 0) is 23.3 Å². The summed E-state index contributed by atoms with van der Waals surface area (Å²) in [5.41, 5.74) is 7.26. The second-order valence-corrected chi connectivity index (χ2v) is 6.84. The monoisotopic (exact) mass is 424 g/mol. The van der Waals surface area contributed by atoms with Crippen LogP contribution in [-0.2, 0) is 27.4 Å². The molecule has 31 heavy (non-hydrogen) atoms. The highest BCUT2D eigenvalue weighted by Crippen LogP contribution is 2.08. The Hall–Kier alpha value is -3.90. The average molecular weight is 424 g/mol. The van der Waals surface area contributed by atoms with Crippen molar-refractivity contribution in [1.82, 2.24) is 10.6 Å². The molecule has 0 unspecified atom stereocenters. The summed E-state index contributed by atoms with van der Waals surface area (Å²) in [5.74, 6) is -1.35. The van der Waals surface area contributed by atoms with E-state index in [9.17, 15) is 19.5 Å². The number of hydrogen-bond donors (Lipinski definition) is 4. The van der Waals surface area contributed by atoms with Gasteiger partial charge in [-0.1, -0.05) is 42.5 Å². The third kappa shape index (κ3) is 8.55. The number of amides is 3. The fourth-order valence-corrected chi connectivity index (χ4v) is 2.74. The number of ether oxygens (including phenoxy) is 1. The number of nitriles is 1. The van der Waals surface area contributed by atoms with Gasteiger partial charge in [-0.3, -0.25) is 9.59 Å². The number of nitrogens with two attached hydrogens (primary N) is 1. The summed E-state index contributed by atoms with van der Waals surface area (Å²) < 4.78 is 5.02. The quantitative estimate of drug-likeness (QED) is 0.441. The first-order valence-electron chi connectivity index (χ1n) is 9.57. The molecular formula is C22H24N4O5. The highest BCUT2D eigenvalue weighted by atomic mass is 16.5. The lowest BCUT2D eigenvalue weighted by molar-refractivity contribution is -0.128. The SMILES string of the molecule is N#Cc1cccc(C[C@H](NC(=O)C[C@@H](O)CNC(=O)OCc2ccccc2)C(N)=O)c1. The molecule has 9 nitrogen and oxygen atoms in total. The van der Waals surface area contributed by atoms with Gasteiger partial charge in [0.2, 0.25) is 11.8 Å². The topological polar surface area (TPSA) is 155 Å². The number of benzene rings is 2. The first-order valence-corrected chi connectivity index (χ1v) is 9.57. The van der Waals surface area contributed by atoms with Crippen LogP contribution in [0.5, 0.6) is 0 Å². The lowest BCUT2D eigenvalue weighted by Gasteiger charge is -2.17. The first-order chi connectivity index (χ1) is 14.9. The summed E-state index contributed by atoms with van der Waals surface area (Å²) in [6.07, 6.45) is -2.15. The molecule has 0 aliphatic rings. The molecule has 9 heteroatoms. The number of nitrogens with zero attached hydrogens (tertiary/aromatic N) is 1. The normalized spacial score (nSPS) is 12.1. The molecule has 0 aliphatic heterocycles. The molecule has 0 saturated carbocycles. The second-order valence-electron chi connectivity index (χ2n) is 6.84. The van der Waals surface area contributed by atoms with E-state index >= 15 is 0 Å². The van der Waals surface area contributed by atoms with Gasteiger partial charge in [0.1, 0.15) is 12.6 Å². The number of carbonyl (C=O) groups excluding carboxylic acids is 3. The van der Waals surface area contributed by atoms with Crippen molar-refractivity contribution >= 4 is 17.9 Å². The van der Waals surface area contributed by atoms with Gasteiger partial charge in [0, 0.05) is 13.0 Å². The van der Waals surface area contributed by atoms with Crippen LogP contribution < -0.4 is 16.4 Å². The number of nitrogens with one attached hydrogen (secondary N) is 2. The molecule has 0 heterocycles. The largest absolute Gasteiger partial charge is 0.445 e. The predicted octanol–water partition coefficient (Wildman–Crippen LogP) is 0.748. The minimum absolute atomic E-state index is 0.0799. The molecule has 3 amide bonds. The van der Waals surface area contributed by atoms with E-state index in [0.717, 1.165) is 5.56 Å². The molecule has 0 bridgehead atoms. The zero-order chi connectivity index (χ0) is 22.6. The smallest absolute Gasteiger partial charge is 0.407 e. The van der Waals surface area contributed by atoms with Crippen molar-refractivity contribution in [1.29, 1.82) is 5.26 Å². The molecule has 0 aromatic heterocycles. The molecule has 2 atom stereocenters. The molecule has 2 rings (SSSR count). The lowest BCUT2D eigenvalue weighted by atomic mass is 10.0. The Morgan fingerprint density at radius 3 is 2.48 bits per heavy atom. The lowest BCUT2D eigenvalue weighted by Crippen LogP contribution is -2.47. The number of aliphatic hydroxyl groups is 1. The Morgan fingerprint density at radius 2 is 1.81 bits per heavy atom. The number of hydrogen-bond acceptors (Lipinski definition) is 6. The standard InChI is InChI=1S/C22H24N4O5/c23-12-17-8-4-7-16(9-17)10-19(21(24)29)26-20(28)11-18(27)13-25-22(30)31-14-15-5-2-1-3-6-15/h1-9,18-19,27H,10-11,13-14H2,(H2,24,29)(H,25,30)(H,26,28)/t18-,19+/m1/s1. The van der Waals surface area contributed by atoms with Crippen molar-refractivity contribution in [3.63, 3.8) is 0 Å². The Bertz CT molecular complexity index is 942. The van der Waals surface area contributed by atoms with E-state index in [4.69, 9.17) is 15.7 Å². The Balaban J connectivity index is 1.76. The zero-order valence-corrected chi connectivity index (χ0v) is 16.8. The van der Waals surface area contributed by atoms with E-state index in [1.165, 1.54) is 0 Å². The summed E-state index contributed by atoms with van der Waals surface area (Å²) in [6, 6.07) is 16.7. The zero-order valence-electron chi connectivity index (χ0n) is 16.8. The molecule has 2 aromatic rings. The van der Waals surface area contributed by atoms with Crippen LogP contribution in [0.25, 0.3) is 0 Å². The minimum atomic E-state index is -1.18. The van der Waals surface area contributed by atoms with Gasteiger partial charge in [0.15, 0.2) is 0 Å². The molecule has 0 spiro atoms. The van der Waals surface area contributed by atoms with Gasteiger partial charge in [-0.2, -0.15) is 5.26 Å². The highest BCUT2D eigenvalue weighted by Gasteiger charge is 2.21. The number of alkyl carbamates (subject to hydrolysis) is 1. The van der Waals surface area contributed by atoms with E-state index in [0.29, 0.717) is 11.1 Å². The van der Waals surface area contributed by atoms with Crippen LogP contribution in [0.15, 0.2) is 54.6 Å². The van der Waals surface area contributed by atoms with Crippen molar-refractivity contribution in [3.8, 4) is 6.07 Å². The van der Waals surface area contributed by atoms with Crippen LogP contribution in [0, 0.1) is 11.3 Å². The van der Waals surface area contributed by atoms with Gasteiger partial charge in [-0.25, -0.2) is 4.79 Å². The molecule has 0 fully saturated rings. The number of carbonyl (C=O) groups is 3. The van der Waals surface area contributed by atoms with Crippen molar-refractivity contribution in [3.05, 3.63) is 71.3 Å². The van der Waals surface area contributed by atoms with Gasteiger partial charge in [-0.15, -0.1) is 0 Å². The van der Waals surface area contributed by atoms with E-state index in [1.807, 2.05) is 24.3 Å². The summed E-state index contributed by atoms with van der Waals surface area (Å²) in [5, 5.41) is 23.8. The Morgan fingerprint density at radius 1 is 1.10 bits per heavy atom. The number of rotatable bonds is 10.